The molecule has 1 saturated heterocycles. The van der Waals surface area contributed by atoms with Gasteiger partial charge in [-0.15, -0.1) is 10.2 Å². The molecule has 3 aromatic rings. The lowest BCUT2D eigenvalue weighted by Crippen LogP contribution is -2.41. The number of amides is 1. The van der Waals surface area contributed by atoms with Gasteiger partial charge in [-0.3, -0.25) is 9.36 Å². The minimum atomic E-state index is -0.216. The second-order valence-corrected chi connectivity index (χ2v) is 8.93. The van der Waals surface area contributed by atoms with Crippen molar-refractivity contribution in [3.8, 4) is 11.6 Å². The van der Waals surface area contributed by atoms with Crippen molar-refractivity contribution < 1.29 is 9.21 Å². The summed E-state index contributed by atoms with van der Waals surface area (Å²) in [6, 6.07) is 13.9. The predicted molar refractivity (Wildman–Crippen MR) is 114 cm³/mol. The van der Waals surface area contributed by atoms with Gasteiger partial charge < -0.3 is 9.32 Å². The Kier molecular flexibility index (Phi) is 6.04. The van der Waals surface area contributed by atoms with Gasteiger partial charge in [0.1, 0.15) is 0 Å². The Labute approximate surface area is 175 Å². The van der Waals surface area contributed by atoms with Crippen molar-refractivity contribution in [3.63, 3.8) is 0 Å². The van der Waals surface area contributed by atoms with Crippen molar-refractivity contribution in [1.82, 2.24) is 19.7 Å². The minimum absolute atomic E-state index is 0.177. The van der Waals surface area contributed by atoms with Crippen LogP contribution in [0, 0.1) is 5.92 Å². The van der Waals surface area contributed by atoms with E-state index in [1.807, 2.05) is 46.7 Å². The van der Waals surface area contributed by atoms with Gasteiger partial charge in [-0.05, 0) is 43.4 Å². The number of rotatable bonds is 6. The van der Waals surface area contributed by atoms with Crippen LogP contribution in [0.3, 0.4) is 0 Å². The second-order valence-electron chi connectivity index (χ2n) is 7.62. The highest BCUT2D eigenvalue weighted by Crippen LogP contribution is 2.29. The average molecular weight is 411 g/mol. The first-order valence-corrected chi connectivity index (χ1v) is 11.0. The Morgan fingerprint density at radius 3 is 2.62 bits per heavy atom. The zero-order chi connectivity index (χ0) is 20.2. The number of piperidine rings is 1. The van der Waals surface area contributed by atoms with Crippen LogP contribution in [-0.4, -0.2) is 43.9 Å². The summed E-state index contributed by atoms with van der Waals surface area (Å²) in [6.45, 7) is 6.52. The van der Waals surface area contributed by atoms with Gasteiger partial charge in [-0.1, -0.05) is 49.0 Å². The number of hydrogen-bond acceptors (Lipinski definition) is 5. The highest BCUT2D eigenvalue weighted by Gasteiger charge is 2.27. The van der Waals surface area contributed by atoms with Crippen molar-refractivity contribution in [2.75, 3.05) is 13.1 Å². The maximum absolute atomic E-state index is 12.9. The van der Waals surface area contributed by atoms with Gasteiger partial charge in [0.25, 0.3) is 0 Å². The molecule has 1 fully saturated rings. The predicted octanol–water partition coefficient (Wildman–Crippen LogP) is 4.33. The molecule has 6 nitrogen and oxygen atoms in total. The fourth-order valence-electron chi connectivity index (χ4n) is 3.57. The molecule has 152 valence electrons. The molecule has 1 amide bonds. The molecule has 2 aromatic heterocycles. The number of benzene rings is 1. The average Bonchev–Trinajstić information content (AvgIpc) is 3.39. The van der Waals surface area contributed by atoms with Crippen LogP contribution in [0.2, 0.25) is 0 Å². The third-order valence-electron chi connectivity index (χ3n) is 5.37. The quantitative estimate of drug-likeness (QED) is 0.566. The highest BCUT2D eigenvalue weighted by molar-refractivity contribution is 8.00. The summed E-state index contributed by atoms with van der Waals surface area (Å²) in [7, 11) is 0. The molecule has 0 bridgehead atoms. The van der Waals surface area contributed by atoms with Crippen LogP contribution in [0.25, 0.3) is 11.6 Å². The van der Waals surface area contributed by atoms with Crippen LogP contribution in [0.15, 0.2) is 58.3 Å². The lowest BCUT2D eigenvalue weighted by molar-refractivity contribution is -0.131. The number of aromatic nitrogens is 3. The van der Waals surface area contributed by atoms with Gasteiger partial charge in [0.2, 0.25) is 11.7 Å². The Morgan fingerprint density at radius 1 is 1.17 bits per heavy atom. The van der Waals surface area contributed by atoms with Gasteiger partial charge in [-0.2, -0.15) is 0 Å². The lowest BCUT2D eigenvalue weighted by Gasteiger charge is -2.32. The van der Waals surface area contributed by atoms with Gasteiger partial charge in [0.15, 0.2) is 10.9 Å². The van der Waals surface area contributed by atoms with Crippen LogP contribution in [-0.2, 0) is 11.3 Å². The number of carbonyl (C=O) groups excluding carboxylic acids is 1. The Hall–Kier alpha value is -2.54. The van der Waals surface area contributed by atoms with Crippen LogP contribution < -0.4 is 0 Å². The van der Waals surface area contributed by atoms with Gasteiger partial charge in [0, 0.05) is 13.1 Å². The number of thioether (sulfide) groups is 1. The summed E-state index contributed by atoms with van der Waals surface area (Å²) >= 11 is 1.47. The zero-order valence-corrected chi connectivity index (χ0v) is 17.6. The molecule has 7 heteroatoms. The standard InChI is InChI=1S/C22H26N4O2S/c1-16-10-12-25(13-11-16)21(27)17(2)29-22-24-23-20(19-9-6-14-28-19)26(22)15-18-7-4-3-5-8-18/h3-9,14,16-17H,10-13,15H2,1-2H3. The largest absolute Gasteiger partial charge is 0.461 e. The van der Waals surface area contributed by atoms with Crippen LogP contribution in [0.1, 0.15) is 32.3 Å². The lowest BCUT2D eigenvalue weighted by atomic mass is 9.99. The number of hydrogen-bond donors (Lipinski definition) is 0. The molecule has 0 radical (unpaired) electrons. The minimum Gasteiger partial charge on any atom is -0.461 e. The van der Waals surface area contributed by atoms with E-state index < -0.39 is 0 Å². The molecule has 1 aliphatic rings. The van der Waals surface area contributed by atoms with E-state index in [1.165, 1.54) is 11.8 Å². The van der Waals surface area contributed by atoms with Crippen molar-refractivity contribution in [2.24, 2.45) is 5.92 Å². The Morgan fingerprint density at radius 2 is 1.93 bits per heavy atom. The van der Waals surface area contributed by atoms with E-state index in [0.717, 1.165) is 36.7 Å². The smallest absolute Gasteiger partial charge is 0.235 e. The van der Waals surface area contributed by atoms with Crippen LogP contribution >= 0.6 is 11.8 Å². The zero-order valence-electron chi connectivity index (χ0n) is 16.8. The molecule has 1 aliphatic heterocycles. The summed E-state index contributed by atoms with van der Waals surface area (Å²) < 4.78 is 7.59. The van der Waals surface area contributed by atoms with Gasteiger partial charge in [0.05, 0.1) is 18.1 Å². The molecule has 0 N–H and O–H groups in total. The SMILES string of the molecule is CC1CCN(C(=O)C(C)Sc2nnc(-c3ccco3)n2Cc2ccccc2)CC1. The van der Waals surface area contributed by atoms with Crippen molar-refractivity contribution in [1.29, 1.82) is 0 Å². The molecule has 0 spiro atoms. The first-order chi connectivity index (χ1) is 14.1. The van der Waals surface area contributed by atoms with Crippen LogP contribution in [0.5, 0.6) is 0 Å². The van der Waals surface area contributed by atoms with Crippen molar-refractivity contribution in [3.05, 3.63) is 54.3 Å². The summed E-state index contributed by atoms with van der Waals surface area (Å²) in [5.41, 5.74) is 1.14. The van der Waals surface area contributed by atoms with Crippen LogP contribution in [0.4, 0.5) is 0 Å². The van der Waals surface area contributed by atoms with E-state index >= 15 is 0 Å². The van der Waals surface area contributed by atoms with E-state index in [9.17, 15) is 4.79 Å². The number of likely N-dealkylation sites (tertiary alicyclic amines) is 1. The molecule has 1 atom stereocenters. The van der Waals surface area contributed by atoms with Gasteiger partial charge >= 0.3 is 0 Å². The molecule has 29 heavy (non-hydrogen) atoms. The third kappa shape index (κ3) is 4.56. The topological polar surface area (TPSA) is 64.2 Å². The van der Waals surface area contributed by atoms with E-state index in [4.69, 9.17) is 4.42 Å². The fourth-order valence-corrected chi connectivity index (χ4v) is 4.50. The maximum atomic E-state index is 12.9. The normalized spacial score (nSPS) is 16.1. The maximum Gasteiger partial charge on any atom is 0.235 e. The molecule has 4 rings (SSSR count). The highest BCUT2D eigenvalue weighted by atomic mass is 32.2. The summed E-state index contributed by atoms with van der Waals surface area (Å²) in [5.74, 6) is 2.22. The number of carbonyl (C=O) groups is 1. The number of nitrogens with zero attached hydrogens (tertiary/aromatic N) is 4. The Bertz CT molecular complexity index is 931. The molecule has 1 aromatic carbocycles. The Balaban J connectivity index is 1.55. The molecular weight excluding hydrogens is 384 g/mol. The van der Waals surface area contributed by atoms with E-state index in [1.54, 1.807) is 6.26 Å². The van der Waals surface area contributed by atoms with E-state index in [2.05, 4.69) is 29.3 Å². The summed E-state index contributed by atoms with van der Waals surface area (Å²) in [5, 5.41) is 9.27. The fraction of sp³-hybridized carbons (Fsp3) is 0.409. The monoisotopic (exact) mass is 410 g/mol. The first-order valence-electron chi connectivity index (χ1n) is 10.1. The molecule has 0 aliphatic carbocycles. The summed E-state index contributed by atoms with van der Waals surface area (Å²) in [4.78, 5) is 14.9. The van der Waals surface area contributed by atoms with Crippen molar-refractivity contribution in [2.45, 2.75) is 43.6 Å². The molecule has 0 saturated carbocycles. The van der Waals surface area contributed by atoms with E-state index in [0.29, 0.717) is 24.0 Å². The van der Waals surface area contributed by atoms with Crippen molar-refractivity contribution >= 4 is 17.7 Å². The first kappa shape index (κ1) is 19.8. The molecular formula is C22H26N4O2S. The molecule has 1 unspecified atom stereocenters. The third-order valence-corrected chi connectivity index (χ3v) is 6.44. The second kappa shape index (κ2) is 8.86. The number of furan rings is 1. The molecule has 3 heterocycles. The van der Waals surface area contributed by atoms with Gasteiger partial charge in [-0.25, -0.2) is 0 Å². The van der Waals surface area contributed by atoms with E-state index in [-0.39, 0.29) is 11.2 Å². The summed E-state index contributed by atoms with van der Waals surface area (Å²) in [6.07, 6.45) is 3.79.